The maximum absolute atomic E-state index is 5.42. The van der Waals surface area contributed by atoms with E-state index in [4.69, 9.17) is 9.26 Å². The predicted molar refractivity (Wildman–Crippen MR) is 93.9 cm³/mol. The van der Waals surface area contributed by atoms with Crippen molar-refractivity contribution in [2.24, 2.45) is 0 Å². The number of pyridine rings is 1. The summed E-state index contributed by atoms with van der Waals surface area (Å²) in [6, 6.07) is 9.87. The van der Waals surface area contributed by atoms with Crippen molar-refractivity contribution in [2.75, 3.05) is 17.5 Å². The molecule has 0 unspecified atom stereocenters. The molecule has 3 aromatic rings. The summed E-state index contributed by atoms with van der Waals surface area (Å²) in [5.41, 5.74) is 9.70. The van der Waals surface area contributed by atoms with Crippen LogP contribution in [0.5, 0.6) is 5.75 Å². The average molecular weight is 338 g/mol. The van der Waals surface area contributed by atoms with Crippen LogP contribution in [0.4, 0.5) is 11.4 Å². The third-order valence-corrected chi connectivity index (χ3v) is 3.96. The molecule has 0 fully saturated rings. The van der Waals surface area contributed by atoms with Gasteiger partial charge in [-0.25, -0.2) is 4.98 Å². The van der Waals surface area contributed by atoms with Crippen molar-refractivity contribution in [1.82, 2.24) is 20.7 Å². The molecule has 3 heterocycles. The maximum atomic E-state index is 5.42. The van der Waals surface area contributed by atoms with Gasteiger partial charge in [0.15, 0.2) is 5.69 Å². The number of ether oxygens (including phenoxy) is 1. The minimum absolute atomic E-state index is 0.325. The van der Waals surface area contributed by atoms with E-state index in [0.717, 1.165) is 16.9 Å². The predicted octanol–water partition coefficient (Wildman–Crippen LogP) is 2.87. The molecule has 0 spiro atoms. The zero-order chi connectivity index (χ0) is 17.4. The molecule has 1 aliphatic heterocycles. The molecule has 0 saturated heterocycles. The van der Waals surface area contributed by atoms with Crippen LogP contribution in [0.1, 0.15) is 13.8 Å². The van der Waals surface area contributed by atoms with Gasteiger partial charge in [0.1, 0.15) is 5.75 Å². The Morgan fingerprint density at radius 2 is 2.12 bits per heavy atom. The molecular formula is C17H18N6O2. The van der Waals surface area contributed by atoms with E-state index in [2.05, 4.69) is 44.9 Å². The Hall–Kier alpha value is -3.13. The third-order valence-electron chi connectivity index (χ3n) is 3.96. The Labute approximate surface area is 144 Å². The first kappa shape index (κ1) is 15.4. The molecule has 1 aromatic carbocycles. The first-order valence-corrected chi connectivity index (χ1v) is 7.96. The standard InChI is InChI=1S/C17H18N6O2/c1-10(2)23-13-7-6-11(9-12(13)20-22-23)17-19-16(21-25-17)15-14(24-3)5-4-8-18-15/h4-10,20,22H,1-3H3. The number of rotatable bonds is 4. The van der Waals surface area contributed by atoms with E-state index in [1.165, 1.54) is 0 Å². The number of methoxy groups -OCH3 is 1. The lowest BCUT2D eigenvalue weighted by Crippen LogP contribution is -2.41. The van der Waals surface area contributed by atoms with Crippen LogP contribution in [-0.2, 0) is 0 Å². The molecule has 1 aliphatic rings. The molecule has 0 saturated carbocycles. The highest BCUT2D eigenvalue weighted by atomic mass is 16.5. The number of aromatic nitrogens is 3. The van der Waals surface area contributed by atoms with Crippen molar-refractivity contribution in [3.05, 3.63) is 36.5 Å². The van der Waals surface area contributed by atoms with E-state index < -0.39 is 0 Å². The topological polar surface area (TPSA) is 88.3 Å². The summed E-state index contributed by atoms with van der Waals surface area (Å²) < 4.78 is 10.7. The van der Waals surface area contributed by atoms with Crippen molar-refractivity contribution in [1.29, 1.82) is 0 Å². The number of hydrogen-bond acceptors (Lipinski definition) is 8. The van der Waals surface area contributed by atoms with E-state index in [1.807, 2.05) is 24.3 Å². The Morgan fingerprint density at radius 1 is 1.24 bits per heavy atom. The third kappa shape index (κ3) is 2.66. The lowest BCUT2D eigenvalue weighted by molar-refractivity contribution is 0.411. The number of fused-ring (bicyclic) bond motifs is 1. The molecule has 2 N–H and O–H groups in total. The fourth-order valence-electron chi connectivity index (χ4n) is 2.73. The van der Waals surface area contributed by atoms with Gasteiger partial charge in [0.25, 0.3) is 5.89 Å². The Kier molecular flexibility index (Phi) is 3.73. The Bertz CT molecular complexity index is 908. The fraction of sp³-hybridized carbons (Fsp3) is 0.235. The van der Waals surface area contributed by atoms with Crippen molar-refractivity contribution in [3.8, 4) is 28.7 Å². The second-order valence-corrected chi connectivity index (χ2v) is 5.91. The van der Waals surface area contributed by atoms with Crippen LogP contribution < -0.4 is 20.7 Å². The highest BCUT2D eigenvalue weighted by molar-refractivity contribution is 5.78. The zero-order valence-corrected chi connectivity index (χ0v) is 14.1. The average Bonchev–Trinajstić information content (AvgIpc) is 3.28. The molecule has 128 valence electrons. The molecule has 4 rings (SSSR count). The minimum atomic E-state index is 0.325. The highest BCUT2D eigenvalue weighted by Gasteiger charge is 2.22. The number of nitrogens with one attached hydrogen (secondary N) is 2. The molecule has 25 heavy (non-hydrogen) atoms. The molecule has 0 amide bonds. The number of anilines is 2. The van der Waals surface area contributed by atoms with Gasteiger partial charge in [-0.15, -0.1) is 5.53 Å². The summed E-state index contributed by atoms with van der Waals surface area (Å²) in [4.78, 5) is 8.73. The van der Waals surface area contributed by atoms with Crippen LogP contribution in [-0.4, -0.2) is 28.3 Å². The molecular weight excluding hydrogens is 320 g/mol. The van der Waals surface area contributed by atoms with E-state index >= 15 is 0 Å². The van der Waals surface area contributed by atoms with Crippen LogP contribution in [0.3, 0.4) is 0 Å². The summed E-state index contributed by atoms with van der Waals surface area (Å²) in [5.74, 6) is 1.42. The minimum Gasteiger partial charge on any atom is -0.494 e. The van der Waals surface area contributed by atoms with Gasteiger partial charge in [-0.3, -0.25) is 5.01 Å². The SMILES string of the molecule is COc1cccnc1-c1noc(-c2ccc3c(c2)NNN3C(C)C)n1. The normalized spacial score (nSPS) is 13.0. The molecule has 0 atom stereocenters. The molecule has 0 bridgehead atoms. The van der Waals surface area contributed by atoms with Crippen LogP contribution in [0, 0.1) is 0 Å². The van der Waals surface area contributed by atoms with Gasteiger partial charge >= 0.3 is 0 Å². The zero-order valence-electron chi connectivity index (χ0n) is 14.1. The van der Waals surface area contributed by atoms with E-state index in [9.17, 15) is 0 Å². The van der Waals surface area contributed by atoms with Gasteiger partial charge in [-0.05, 0) is 44.2 Å². The number of hydrazine groups is 2. The highest BCUT2D eigenvalue weighted by Crippen LogP contribution is 2.35. The van der Waals surface area contributed by atoms with E-state index in [0.29, 0.717) is 29.2 Å². The number of nitrogens with zero attached hydrogens (tertiary/aromatic N) is 4. The van der Waals surface area contributed by atoms with E-state index in [-0.39, 0.29) is 0 Å². The summed E-state index contributed by atoms with van der Waals surface area (Å²) >= 11 is 0. The molecule has 0 aliphatic carbocycles. The summed E-state index contributed by atoms with van der Waals surface area (Å²) in [5, 5.41) is 6.09. The van der Waals surface area contributed by atoms with Crippen molar-refractivity contribution < 1.29 is 9.26 Å². The summed E-state index contributed by atoms with van der Waals surface area (Å²) in [6.45, 7) is 4.23. The second-order valence-electron chi connectivity index (χ2n) is 5.91. The van der Waals surface area contributed by atoms with Crippen molar-refractivity contribution in [3.63, 3.8) is 0 Å². The van der Waals surface area contributed by atoms with Gasteiger partial charge in [0.2, 0.25) is 5.82 Å². The summed E-state index contributed by atoms with van der Waals surface area (Å²) in [6.07, 6.45) is 1.67. The molecule has 8 nitrogen and oxygen atoms in total. The largest absolute Gasteiger partial charge is 0.494 e. The second kappa shape index (κ2) is 6.06. The Balaban J connectivity index is 1.67. The quantitative estimate of drug-likeness (QED) is 0.751. The fourth-order valence-corrected chi connectivity index (χ4v) is 2.73. The number of benzene rings is 1. The van der Waals surface area contributed by atoms with Gasteiger partial charge in [-0.1, -0.05) is 5.16 Å². The van der Waals surface area contributed by atoms with Crippen LogP contribution in [0.25, 0.3) is 23.0 Å². The first-order chi connectivity index (χ1) is 12.2. The van der Waals surface area contributed by atoms with Gasteiger partial charge < -0.3 is 14.7 Å². The first-order valence-electron chi connectivity index (χ1n) is 7.96. The Morgan fingerprint density at radius 3 is 2.92 bits per heavy atom. The van der Waals surface area contributed by atoms with Crippen LogP contribution in [0.15, 0.2) is 41.1 Å². The molecule has 2 aromatic heterocycles. The van der Waals surface area contributed by atoms with Crippen molar-refractivity contribution >= 4 is 11.4 Å². The maximum Gasteiger partial charge on any atom is 0.258 e. The molecule has 0 radical (unpaired) electrons. The van der Waals surface area contributed by atoms with Crippen LogP contribution >= 0.6 is 0 Å². The summed E-state index contributed by atoms with van der Waals surface area (Å²) in [7, 11) is 1.58. The lowest BCUT2D eigenvalue weighted by Gasteiger charge is -2.21. The lowest BCUT2D eigenvalue weighted by atomic mass is 10.1. The van der Waals surface area contributed by atoms with Crippen LogP contribution in [0.2, 0.25) is 0 Å². The monoisotopic (exact) mass is 338 g/mol. The van der Waals surface area contributed by atoms with Crippen molar-refractivity contribution in [2.45, 2.75) is 19.9 Å². The van der Waals surface area contributed by atoms with E-state index in [1.54, 1.807) is 19.4 Å². The van der Waals surface area contributed by atoms with Gasteiger partial charge in [-0.2, -0.15) is 4.98 Å². The number of hydrogen-bond donors (Lipinski definition) is 2. The van der Waals surface area contributed by atoms with Gasteiger partial charge in [0.05, 0.1) is 18.5 Å². The smallest absolute Gasteiger partial charge is 0.258 e. The molecule has 8 heteroatoms. The van der Waals surface area contributed by atoms with Gasteiger partial charge in [0, 0.05) is 17.8 Å².